The Morgan fingerprint density at radius 1 is 1.33 bits per heavy atom. The molecular formula is C16H20ClN3O3S. The minimum absolute atomic E-state index is 0.0810. The molecular weight excluding hydrogens is 350 g/mol. The van der Waals surface area contributed by atoms with Crippen LogP contribution >= 0.6 is 11.6 Å². The van der Waals surface area contributed by atoms with Gasteiger partial charge in [-0.25, -0.2) is 8.42 Å². The van der Waals surface area contributed by atoms with E-state index in [-0.39, 0.29) is 16.2 Å². The maximum absolute atomic E-state index is 12.7. The van der Waals surface area contributed by atoms with Crippen LogP contribution in [0.5, 0.6) is 0 Å². The average molecular weight is 370 g/mol. The van der Waals surface area contributed by atoms with E-state index in [4.69, 9.17) is 16.1 Å². The van der Waals surface area contributed by atoms with E-state index in [2.05, 4.69) is 10.1 Å². The van der Waals surface area contributed by atoms with Gasteiger partial charge in [0.25, 0.3) is 0 Å². The Morgan fingerprint density at radius 2 is 2.08 bits per heavy atom. The van der Waals surface area contributed by atoms with Crippen LogP contribution in [-0.4, -0.2) is 36.0 Å². The molecule has 1 aliphatic heterocycles. The van der Waals surface area contributed by atoms with Crippen LogP contribution < -0.4 is 0 Å². The zero-order valence-electron chi connectivity index (χ0n) is 13.9. The zero-order valence-corrected chi connectivity index (χ0v) is 15.4. The highest BCUT2D eigenvalue weighted by Crippen LogP contribution is 2.32. The SMILES string of the molecule is CC(C)(C)c1noc([C@H]2CCN(S(=O)(=O)c3cccc(Cl)c3)C2)n1. The van der Waals surface area contributed by atoms with Crippen molar-refractivity contribution in [2.24, 2.45) is 0 Å². The first kappa shape index (κ1) is 17.4. The average Bonchev–Trinajstić information content (AvgIpc) is 3.16. The van der Waals surface area contributed by atoms with Gasteiger partial charge in [0, 0.05) is 23.5 Å². The molecule has 0 aliphatic carbocycles. The smallest absolute Gasteiger partial charge is 0.243 e. The highest BCUT2D eigenvalue weighted by molar-refractivity contribution is 7.89. The van der Waals surface area contributed by atoms with Gasteiger partial charge in [0.1, 0.15) is 0 Å². The summed E-state index contributed by atoms with van der Waals surface area (Å²) in [5.41, 5.74) is -0.201. The summed E-state index contributed by atoms with van der Waals surface area (Å²) >= 11 is 5.91. The second-order valence-electron chi connectivity index (χ2n) is 7.01. The molecule has 3 rings (SSSR count). The first-order chi connectivity index (χ1) is 11.2. The summed E-state index contributed by atoms with van der Waals surface area (Å²) in [4.78, 5) is 4.65. The van der Waals surface area contributed by atoms with Crippen LogP contribution in [0.3, 0.4) is 0 Å². The minimum Gasteiger partial charge on any atom is -0.339 e. The Kier molecular flexibility index (Phi) is 4.44. The van der Waals surface area contributed by atoms with Crippen molar-refractivity contribution >= 4 is 21.6 Å². The molecule has 0 amide bonds. The molecule has 1 aromatic heterocycles. The second-order valence-corrected chi connectivity index (χ2v) is 9.39. The predicted octanol–water partition coefficient (Wildman–Crippen LogP) is 3.20. The molecule has 0 saturated carbocycles. The molecule has 1 saturated heterocycles. The van der Waals surface area contributed by atoms with Crippen LogP contribution in [-0.2, 0) is 15.4 Å². The van der Waals surface area contributed by atoms with Crippen molar-refractivity contribution < 1.29 is 12.9 Å². The summed E-state index contributed by atoms with van der Waals surface area (Å²) in [5.74, 6) is 1.06. The molecule has 0 bridgehead atoms. The fourth-order valence-corrected chi connectivity index (χ4v) is 4.43. The Labute approximate surface area is 146 Å². The lowest BCUT2D eigenvalue weighted by molar-refractivity contribution is 0.343. The van der Waals surface area contributed by atoms with Gasteiger partial charge in [0.15, 0.2) is 5.82 Å². The van der Waals surface area contributed by atoms with E-state index in [1.165, 1.54) is 10.4 Å². The van der Waals surface area contributed by atoms with Crippen LogP contribution in [0, 0.1) is 0 Å². The number of hydrogen-bond acceptors (Lipinski definition) is 5. The van der Waals surface area contributed by atoms with Gasteiger partial charge in [-0.3, -0.25) is 0 Å². The predicted molar refractivity (Wildman–Crippen MR) is 90.6 cm³/mol. The molecule has 24 heavy (non-hydrogen) atoms. The number of sulfonamides is 1. The Morgan fingerprint density at radius 3 is 2.71 bits per heavy atom. The third kappa shape index (κ3) is 3.34. The Balaban J connectivity index is 1.79. The number of rotatable bonds is 3. The van der Waals surface area contributed by atoms with Gasteiger partial charge in [0.05, 0.1) is 10.8 Å². The van der Waals surface area contributed by atoms with Crippen LogP contribution in [0.2, 0.25) is 5.02 Å². The number of nitrogens with zero attached hydrogens (tertiary/aromatic N) is 3. The van der Waals surface area contributed by atoms with Crippen LogP contribution in [0.1, 0.15) is 44.8 Å². The maximum atomic E-state index is 12.7. The van der Waals surface area contributed by atoms with Crippen LogP contribution in [0.4, 0.5) is 0 Å². The topological polar surface area (TPSA) is 76.3 Å². The van der Waals surface area contributed by atoms with Crippen molar-refractivity contribution in [1.82, 2.24) is 14.4 Å². The normalized spacial score (nSPS) is 19.8. The van der Waals surface area contributed by atoms with Gasteiger partial charge >= 0.3 is 0 Å². The molecule has 1 aromatic carbocycles. The highest BCUT2D eigenvalue weighted by atomic mass is 35.5. The van der Waals surface area contributed by atoms with Gasteiger partial charge in [-0.1, -0.05) is 43.6 Å². The lowest BCUT2D eigenvalue weighted by Crippen LogP contribution is -2.28. The van der Waals surface area contributed by atoms with E-state index in [1.54, 1.807) is 18.2 Å². The molecule has 130 valence electrons. The lowest BCUT2D eigenvalue weighted by Gasteiger charge is -2.16. The number of hydrogen-bond donors (Lipinski definition) is 0. The van der Waals surface area contributed by atoms with E-state index < -0.39 is 10.0 Å². The van der Waals surface area contributed by atoms with E-state index >= 15 is 0 Å². The summed E-state index contributed by atoms with van der Waals surface area (Å²) in [6, 6.07) is 6.31. The van der Waals surface area contributed by atoms with Gasteiger partial charge in [-0.15, -0.1) is 0 Å². The summed E-state index contributed by atoms with van der Waals surface area (Å²) in [7, 11) is -3.56. The molecule has 0 radical (unpaired) electrons. The van der Waals surface area contributed by atoms with E-state index in [9.17, 15) is 8.42 Å². The molecule has 1 aliphatic rings. The first-order valence-corrected chi connectivity index (χ1v) is 9.59. The molecule has 0 spiro atoms. The zero-order chi connectivity index (χ0) is 17.5. The minimum atomic E-state index is -3.56. The fourth-order valence-electron chi connectivity index (χ4n) is 2.63. The van der Waals surface area contributed by atoms with Crippen LogP contribution in [0.25, 0.3) is 0 Å². The van der Waals surface area contributed by atoms with Crippen LogP contribution in [0.15, 0.2) is 33.7 Å². The molecule has 2 aromatic rings. The van der Waals surface area contributed by atoms with Crippen molar-refractivity contribution in [3.8, 4) is 0 Å². The molecule has 0 unspecified atom stereocenters. The first-order valence-electron chi connectivity index (χ1n) is 7.78. The Hall–Kier alpha value is -1.44. The quantitative estimate of drug-likeness (QED) is 0.830. The molecule has 8 heteroatoms. The summed E-state index contributed by atoms with van der Waals surface area (Å²) in [6.07, 6.45) is 0.658. The second kappa shape index (κ2) is 6.13. The van der Waals surface area contributed by atoms with Crippen molar-refractivity contribution in [2.45, 2.75) is 43.4 Å². The fraction of sp³-hybridized carbons (Fsp3) is 0.500. The monoisotopic (exact) mass is 369 g/mol. The number of halogens is 1. The number of benzene rings is 1. The standard InChI is InChI=1S/C16H20ClN3O3S/c1-16(2,3)15-18-14(23-19-15)11-7-8-20(10-11)24(21,22)13-6-4-5-12(17)9-13/h4-6,9,11H,7-8,10H2,1-3H3/t11-/m0/s1. The molecule has 2 heterocycles. The summed E-state index contributed by atoms with van der Waals surface area (Å²) in [6.45, 7) is 6.78. The largest absolute Gasteiger partial charge is 0.339 e. The third-order valence-electron chi connectivity index (χ3n) is 4.05. The van der Waals surface area contributed by atoms with Gasteiger partial charge < -0.3 is 4.52 Å². The number of aromatic nitrogens is 2. The van der Waals surface area contributed by atoms with Gasteiger partial charge in [-0.05, 0) is 24.6 Å². The van der Waals surface area contributed by atoms with Crippen molar-refractivity contribution in [3.05, 3.63) is 41.0 Å². The maximum Gasteiger partial charge on any atom is 0.243 e. The van der Waals surface area contributed by atoms with E-state index in [1.807, 2.05) is 20.8 Å². The molecule has 1 atom stereocenters. The molecule has 0 N–H and O–H groups in total. The third-order valence-corrected chi connectivity index (χ3v) is 6.14. The van der Waals surface area contributed by atoms with Crippen molar-refractivity contribution in [1.29, 1.82) is 0 Å². The van der Waals surface area contributed by atoms with E-state index in [0.29, 0.717) is 36.2 Å². The summed E-state index contributed by atoms with van der Waals surface area (Å²) < 4.78 is 32.3. The lowest BCUT2D eigenvalue weighted by atomic mass is 9.96. The molecule has 6 nitrogen and oxygen atoms in total. The summed E-state index contributed by atoms with van der Waals surface area (Å²) in [5, 5.41) is 4.42. The van der Waals surface area contributed by atoms with Crippen molar-refractivity contribution in [2.75, 3.05) is 13.1 Å². The Bertz CT molecular complexity index is 842. The van der Waals surface area contributed by atoms with Gasteiger partial charge in [0.2, 0.25) is 15.9 Å². The van der Waals surface area contributed by atoms with E-state index in [0.717, 1.165) is 0 Å². The van der Waals surface area contributed by atoms with Gasteiger partial charge in [-0.2, -0.15) is 9.29 Å². The van der Waals surface area contributed by atoms with Crippen molar-refractivity contribution in [3.63, 3.8) is 0 Å². The molecule has 1 fully saturated rings. The highest BCUT2D eigenvalue weighted by Gasteiger charge is 2.36.